The SMILES string of the molecule is O=C(NO)c1cc(F)c2c(c1)CCN([C@H]1CCOC3(CCC3)C1)C2. The van der Waals surface area contributed by atoms with Crippen molar-refractivity contribution in [3.05, 3.63) is 34.6 Å². The molecular weight excluding hydrogens is 311 g/mol. The first-order valence-electron chi connectivity index (χ1n) is 8.74. The van der Waals surface area contributed by atoms with Crippen molar-refractivity contribution in [3.8, 4) is 0 Å². The molecule has 0 unspecified atom stereocenters. The van der Waals surface area contributed by atoms with Gasteiger partial charge in [0.25, 0.3) is 5.91 Å². The van der Waals surface area contributed by atoms with Gasteiger partial charge in [0, 0.05) is 36.9 Å². The first-order valence-corrected chi connectivity index (χ1v) is 8.74. The summed E-state index contributed by atoms with van der Waals surface area (Å²) in [5.41, 5.74) is 3.38. The number of nitrogens with zero attached hydrogens (tertiary/aromatic N) is 1. The number of hydrogen-bond acceptors (Lipinski definition) is 4. The third-order valence-corrected chi connectivity index (χ3v) is 5.93. The van der Waals surface area contributed by atoms with Gasteiger partial charge in [-0.25, -0.2) is 9.87 Å². The van der Waals surface area contributed by atoms with Crippen LogP contribution in [0.3, 0.4) is 0 Å². The Bertz CT molecular complexity index is 660. The smallest absolute Gasteiger partial charge is 0.274 e. The molecule has 2 aliphatic heterocycles. The average molecular weight is 334 g/mol. The molecule has 2 heterocycles. The maximum absolute atomic E-state index is 14.5. The molecule has 4 rings (SSSR count). The van der Waals surface area contributed by atoms with Crippen LogP contribution in [0.1, 0.15) is 53.6 Å². The van der Waals surface area contributed by atoms with Crippen LogP contribution in [0.15, 0.2) is 12.1 Å². The molecule has 130 valence electrons. The molecule has 0 bridgehead atoms. The minimum absolute atomic E-state index is 0.0881. The van der Waals surface area contributed by atoms with Gasteiger partial charge < -0.3 is 4.74 Å². The van der Waals surface area contributed by atoms with E-state index < -0.39 is 5.91 Å². The second kappa shape index (κ2) is 6.10. The summed E-state index contributed by atoms with van der Waals surface area (Å²) in [6.07, 6.45) is 6.34. The molecule has 3 aliphatic rings. The summed E-state index contributed by atoms with van der Waals surface area (Å²) in [5.74, 6) is -1.03. The lowest BCUT2D eigenvalue weighted by molar-refractivity contribution is -0.149. The summed E-state index contributed by atoms with van der Waals surface area (Å²) in [6.45, 7) is 2.26. The lowest BCUT2D eigenvalue weighted by Crippen LogP contribution is -2.53. The molecule has 1 aromatic carbocycles. The van der Waals surface area contributed by atoms with Gasteiger partial charge in [0.2, 0.25) is 0 Å². The molecule has 2 N–H and O–H groups in total. The van der Waals surface area contributed by atoms with Crippen LogP contribution < -0.4 is 5.48 Å². The molecule has 1 saturated heterocycles. The molecule has 0 aromatic heterocycles. The quantitative estimate of drug-likeness (QED) is 0.644. The van der Waals surface area contributed by atoms with E-state index in [4.69, 9.17) is 9.94 Å². The van der Waals surface area contributed by atoms with Crippen molar-refractivity contribution in [2.24, 2.45) is 0 Å². The zero-order chi connectivity index (χ0) is 16.7. The number of benzene rings is 1. The van der Waals surface area contributed by atoms with Gasteiger partial charge in [-0.05, 0) is 56.2 Å². The van der Waals surface area contributed by atoms with Crippen molar-refractivity contribution in [2.45, 2.75) is 56.7 Å². The zero-order valence-electron chi connectivity index (χ0n) is 13.7. The lowest BCUT2D eigenvalue weighted by atomic mass is 9.73. The van der Waals surface area contributed by atoms with E-state index in [0.717, 1.165) is 50.8 Å². The number of fused-ring (bicyclic) bond motifs is 1. The third-order valence-electron chi connectivity index (χ3n) is 5.93. The van der Waals surface area contributed by atoms with Crippen molar-refractivity contribution in [3.63, 3.8) is 0 Å². The molecule has 5 nitrogen and oxygen atoms in total. The Hall–Kier alpha value is -1.50. The summed E-state index contributed by atoms with van der Waals surface area (Å²) in [7, 11) is 0. The van der Waals surface area contributed by atoms with Gasteiger partial charge in [-0.2, -0.15) is 0 Å². The van der Waals surface area contributed by atoms with E-state index in [9.17, 15) is 9.18 Å². The highest BCUT2D eigenvalue weighted by atomic mass is 19.1. The number of nitrogens with one attached hydrogen (secondary N) is 1. The Morgan fingerprint density at radius 3 is 2.96 bits per heavy atom. The van der Waals surface area contributed by atoms with Gasteiger partial charge >= 0.3 is 0 Å². The van der Waals surface area contributed by atoms with Crippen LogP contribution >= 0.6 is 0 Å². The first kappa shape index (κ1) is 16.0. The number of halogens is 1. The van der Waals surface area contributed by atoms with E-state index in [1.807, 2.05) is 0 Å². The Morgan fingerprint density at radius 1 is 1.42 bits per heavy atom. The van der Waals surface area contributed by atoms with Crippen LogP contribution in [0.25, 0.3) is 0 Å². The number of carbonyl (C=O) groups is 1. The second-order valence-corrected chi connectivity index (χ2v) is 7.29. The highest BCUT2D eigenvalue weighted by Crippen LogP contribution is 2.44. The number of ether oxygens (including phenoxy) is 1. The molecule has 0 radical (unpaired) electrons. The maximum atomic E-state index is 14.5. The molecule has 1 amide bonds. The lowest BCUT2D eigenvalue weighted by Gasteiger charge is -2.50. The van der Waals surface area contributed by atoms with Crippen LogP contribution in [0.5, 0.6) is 0 Å². The second-order valence-electron chi connectivity index (χ2n) is 7.29. The summed E-state index contributed by atoms with van der Waals surface area (Å²) < 4.78 is 20.5. The average Bonchev–Trinajstić information content (AvgIpc) is 2.59. The molecule has 1 spiro atoms. The fourth-order valence-corrected chi connectivity index (χ4v) is 4.38. The summed E-state index contributed by atoms with van der Waals surface area (Å²) in [5, 5.41) is 8.73. The molecule has 2 fully saturated rings. The summed E-state index contributed by atoms with van der Waals surface area (Å²) in [6, 6.07) is 3.36. The molecule has 1 aromatic rings. The molecule has 6 heteroatoms. The summed E-state index contributed by atoms with van der Waals surface area (Å²) in [4.78, 5) is 13.9. The topological polar surface area (TPSA) is 61.8 Å². The van der Waals surface area contributed by atoms with Crippen molar-refractivity contribution in [1.82, 2.24) is 10.4 Å². The maximum Gasteiger partial charge on any atom is 0.274 e. The number of carbonyl (C=O) groups excluding carboxylic acids is 1. The van der Waals surface area contributed by atoms with Crippen molar-refractivity contribution in [2.75, 3.05) is 13.2 Å². The van der Waals surface area contributed by atoms with Gasteiger partial charge in [-0.1, -0.05) is 0 Å². The predicted molar refractivity (Wildman–Crippen MR) is 85.3 cm³/mol. The normalized spacial score (nSPS) is 25.8. The highest BCUT2D eigenvalue weighted by molar-refractivity contribution is 5.93. The molecule has 1 saturated carbocycles. The van der Waals surface area contributed by atoms with Gasteiger partial charge in [-0.3, -0.25) is 14.9 Å². The fraction of sp³-hybridized carbons (Fsp3) is 0.611. The van der Waals surface area contributed by atoms with Gasteiger partial charge in [-0.15, -0.1) is 0 Å². The molecule has 1 aliphatic carbocycles. The van der Waals surface area contributed by atoms with E-state index in [1.54, 1.807) is 11.5 Å². The minimum Gasteiger partial charge on any atom is -0.375 e. The van der Waals surface area contributed by atoms with Crippen molar-refractivity contribution >= 4 is 5.91 Å². The van der Waals surface area contributed by atoms with E-state index in [-0.39, 0.29) is 17.0 Å². The van der Waals surface area contributed by atoms with E-state index >= 15 is 0 Å². The fourth-order valence-electron chi connectivity index (χ4n) is 4.38. The van der Waals surface area contributed by atoms with Crippen LogP contribution in [-0.2, 0) is 17.7 Å². The largest absolute Gasteiger partial charge is 0.375 e. The van der Waals surface area contributed by atoms with Gasteiger partial charge in [0.05, 0.1) is 5.60 Å². The number of hydrogen-bond donors (Lipinski definition) is 2. The van der Waals surface area contributed by atoms with Crippen molar-refractivity contribution < 1.29 is 19.1 Å². The number of hydroxylamine groups is 1. The van der Waals surface area contributed by atoms with Crippen LogP contribution in [0.4, 0.5) is 4.39 Å². The Kier molecular flexibility index (Phi) is 4.06. The Labute approximate surface area is 140 Å². The Balaban J connectivity index is 1.52. The standard InChI is InChI=1S/C18H23FN2O3/c19-16-9-13(17(22)20-23)8-12-2-6-21(11-15(12)16)14-3-7-24-18(10-14)4-1-5-18/h8-9,14,23H,1-7,10-11H2,(H,20,22)/t14-/m0/s1. The number of rotatable bonds is 2. The monoisotopic (exact) mass is 334 g/mol. The van der Waals surface area contributed by atoms with Crippen molar-refractivity contribution in [1.29, 1.82) is 0 Å². The first-order chi connectivity index (χ1) is 11.6. The van der Waals surface area contributed by atoms with Crippen LogP contribution in [0.2, 0.25) is 0 Å². The molecular formula is C18H23FN2O3. The van der Waals surface area contributed by atoms with Gasteiger partial charge in [0.15, 0.2) is 0 Å². The number of amides is 1. The molecule has 1 atom stereocenters. The van der Waals surface area contributed by atoms with E-state index in [2.05, 4.69) is 4.90 Å². The third kappa shape index (κ3) is 2.72. The highest BCUT2D eigenvalue weighted by Gasteiger charge is 2.44. The van der Waals surface area contributed by atoms with Crippen LogP contribution in [0, 0.1) is 5.82 Å². The van der Waals surface area contributed by atoms with E-state index in [0.29, 0.717) is 18.2 Å². The minimum atomic E-state index is -0.671. The van der Waals surface area contributed by atoms with Gasteiger partial charge in [0.1, 0.15) is 5.82 Å². The van der Waals surface area contributed by atoms with E-state index in [1.165, 1.54) is 12.5 Å². The summed E-state index contributed by atoms with van der Waals surface area (Å²) >= 11 is 0. The Morgan fingerprint density at radius 2 is 2.25 bits per heavy atom. The zero-order valence-corrected chi connectivity index (χ0v) is 13.7. The molecule has 24 heavy (non-hydrogen) atoms. The van der Waals surface area contributed by atoms with Crippen LogP contribution in [-0.4, -0.2) is 40.8 Å². The predicted octanol–water partition coefficient (Wildman–Crippen LogP) is 2.40.